The number of nitrogens with one attached hydrogen (secondary N) is 3. The zero-order chi connectivity index (χ0) is 21.7. The van der Waals surface area contributed by atoms with Crippen molar-refractivity contribution in [2.24, 2.45) is 11.3 Å². The van der Waals surface area contributed by atoms with Crippen molar-refractivity contribution in [3.05, 3.63) is 0 Å². The molecule has 0 saturated carbocycles. The molecule has 0 aromatic carbocycles. The van der Waals surface area contributed by atoms with Crippen LogP contribution in [0.4, 0.5) is 4.79 Å². The fraction of sp³-hybridized carbons (Fsp3) is 0.850. The average Bonchev–Trinajstić information content (AvgIpc) is 2.44. The Bertz CT molecular complexity index is 555. The van der Waals surface area contributed by atoms with E-state index in [-0.39, 0.29) is 30.7 Å². The lowest BCUT2D eigenvalue weighted by molar-refractivity contribution is -0.142. The van der Waals surface area contributed by atoms with Gasteiger partial charge in [0, 0.05) is 0 Å². The Labute approximate surface area is 168 Å². The number of carbonyl (C=O) groups excluding carboxylic acids is 3. The Kier molecular flexibility index (Phi) is 8.29. The molecule has 3 N–H and O–H groups in total. The molecule has 1 rings (SSSR count). The fourth-order valence-electron chi connectivity index (χ4n) is 2.78. The van der Waals surface area contributed by atoms with E-state index in [1.54, 1.807) is 20.8 Å². The van der Waals surface area contributed by atoms with Gasteiger partial charge in [0.1, 0.15) is 17.9 Å². The second-order valence-electron chi connectivity index (χ2n) is 9.87. The number of β-lactam (4-membered cyclic amide) rings is 1. The number of alkyl carbamates (subject to hydrolysis) is 1. The predicted octanol–water partition coefficient (Wildman–Crippen LogP) is 2.32. The maximum Gasteiger partial charge on any atom is 0.408 e. The van der Waals surface area contributed by atoms with Crippen molar-refractivity contribution in [2.75, 3.05) is 6.61 Å². The molecule has 0 bridgehead atoms. The summed E-state index contributed by atoms with van der Waals surface area (Å²) < 4.78 is 11.0. The lowest BCUT2D eigenvalue weighted by Gasteiger charge is -2.34. The summed E-state index contributed by atoms with van der Waals surface area (Å²) in [5.41, 5.74) is -1.16. The molecule has 0 radical (unpaired) electrons. The van der Waals surface area contributed by atoms with Crippen LogP contribution in [-0.2, 0) is 19.1 Å². The van der Waals surface area contributed by atoms with Gasteiger partial charge in [-0.15, -0.1) is 0 Å². The molecule has 0 aliphatic carbocycles. The molecule has 0 aromatic rings. The molecular weight excluding hydrogens is 362 g/mol. The monoisotopic (exact) mass is 399 g/mol. The van der Waals surface area contributed by atoms with Crippen LogP contribution in [0.5, 0.6) is 0 Å². The highest BCUT2D eigenvalue weighted by Gasteiger charge is 2.35. The number of rotatable bonds is 8. The van der Waals surface area contributed by atoms with Gasteiger partial charge in [0.15, 0.2) is 0 Å². The summed E-state index contributed by atoms with van der Waals surface area (Å²) in [6, 6.07) is -0.990. The van der Waals surface area contributed by atoms with Crippen LogP contribution in [-0.4, -0.2) is 48.4 Å². The Balaban J connectivity index is 2.74. The smallest absolute Gasteiger partial charge is 0.408 e. The third-order valence-corrected chi connectivity index (χ3v) is 4.08. The Morgan fingerprint density at radius 1 is 1.14 bits per heavy atom. The molecule has 162 valence electrons. The van der Waals surface area contributed by atoms with Crippen LogP contribution in [0, 0.1) is 11.3 Å². The Hall–Kier alpha value is -1.83. The standard InChI is InChI=1S/C20H37N3O5/c1-12(2)9-13(11-27-15-10-14(24)22-15)21-17(25)16(19(3,4)5)23-18(26)28-20(6,7)8/h12-13,15-16H,9-11H2,1-8H3,(H,21,25)(H,22,24)(H,23,26)/t13-,15?,16+/m0/s1. The van der Waals surface area contributed by atoms with Crippen molar-refractivity contribution in [2.45, 2.75) is 92.1 Å². The summed E-state index contributed by atoms with van der Waals surface area (Å²) in [6.07, 6.45) is 0.136. The number of carbonyl (C=O) groups is 3. The van der Waals surface area contributed by atoms with E-state index in [9.17, 15) is 14.4 Å². The van der Waals surface area contributed by atoms with Gasteiger partial charge in [0.05, 0.1) is 19.1 Å². The molecule has 1 aliphatic rings. The van der Waals surface area contributed by atoms with E-state index < -0.39 is 23.2 Å². The van der Waals surface area contributed by atoms with Crippen LogP contribution in [0.2, 0.25) is 0 Å². The predicted molar refractivity (Wildman–Crippen MR) is 106 cm³/mol. The summed E-state index contributed by atoms with van der Waals surface area (Å²) in [6.45, 7) is 15.4. The van der Waals surface area contributed by atoms with Gasteiger partial charge >= 0.3 is 6.09 Å². The van der Waals surface area contributed by atoms with Gasteiger partial charge in [0.2, 0.25) is 11.8 Å². The lowest BCUT2D eigenvalue weighted by Crippen LogP contribution is -2.57. The Morgan fingerprint density at radius 3 is 2.14 bits per heavy atom. The van der Waals surface area contributed by atoms with Gasteiger partial charge < -0.3 is 25.4 Å². The molecule has 0 spiro atoms. The minimum absolute atomic E-state index is 0.0381. The van der Waals surface area contributed by atoms with Crippen molar-refractivity contribution in [1.82, 2.24) is 16.0 Å². The maximum atomic E-state index is 13.0. The maximum absolute atomic E-state index is 13.0. The van der Waals surface area contributed by atoms with Crippen molar-refractivity contribution in [1.29, 1.82) is 0 Å². The molecule has 3 amide bonds. The summed E-state index contributed by atoms with van der Waals surface area (Å²) in [7, 11) is 0. The van der Waals surface area contributed by atoms with Gasteiger partial charge in [0.25, 0.3) is 0 Å². The second-order valence-corrected chi connectivity index (χ2v) is 9.87. The molecule has 1 aliphatic heterocycles. The highest BCUT2D eigenvalue weighted by molar-refractivity contribution is 5.86. The quantitative estimate of drug-likeness (QED) is 0.543. The molecule has 3 atom stereocenters. The largest absolute Gasteiger partial charge is 0.444 e. The van der Waals surface area contributed by atoms with Crippen molar-refractivity contribution >= 4 is 17.9 Å². The molecule has 8 heteroatoms. The first-order valence-corrected chi connectivity index (χ1v) is 9.88. The third kappa shape index (κ3) is 8.91. The summed E-state index contributed by atoms with van der Waals surface area (Å²) >= 11 is 0. The van der Waals surface area contributed by atoms with Crippen LogP contribution in [0.15, 0.2) is 0 Å². The molecule has 1 fully saturated rings. The van der Waals surface area contributed by atoms with Gasteiger partial charge in [-0.3, -0.25) is 9.59 Å². The van der Waals surface area contributed by atoms with E-state index >= 15 is 0 Å². The molecule has 1 saturated heterocycles. The summed E-state index contributed by atoms with van der Waals surface area (Å²) in [4.78, 5) is 36.2. The first kappa shape index (κ1) is 24.2. The SMILES string of the molecule is CC(C)C[C@@H](COC1CC(=O)N1)NC(=O)[C@@H](NC(=O)OC(C)(C)C)C(C)(C)C. The normalized spacial score (nSPS) is 19.3. The van der Waals surface area contributed by atoms with Gasteiger partial charge in [-0.2, -0.15) is 0 Å². The first-order valence-electron chi connectivity index (χ1n) is 9.88. The molecule has 1 heterocycles. The minimum Gasteiger partial charge on any atom is -0.444 e. The average molecular weight is 400 g/mol. The number of hydrogen-bond donors (Lipinski definition) is 3. The Morgan fingerprint density at radius 2 is 1.71 bits per heavy atom. The van der Waals surface area contributed by atoms with Crippen molar-refractivity contribution in [3.63, 3.8) is 0 Å². The van der Waals surface area contributed by atoms with E-state index in [2.05, 4.69) is 29.8 Å². The van der Waals surface area contributed by atoms with Crippen molar-refractivity contribution < 1.29 is 23.9 Å². The molecule has 0 aromatic heterocycles. The van der Waals surface area contributed by atoms with Crippen molar-refractivity contribution in [3.8, 4) is 0 Å². The fourth-order valence-corrected chi connectivity index (χ4v) is 2.78. The molecule has 1 unspecified atom stereocenters. The highest BCUT2D eigenvalue weighted by atomic mass is 16.6. The van der Waals surface area contributed by atoms with Crippen LogP contribution in [0.25, 0.3) is 0 Å². The topological polar surface area (TPSA) is 106 Å². The number of hydrogen-bond acceptors (Lipinski definition) is 5. The van der Waals surface area contributed by atoms with Gasteiger partial charge in [-0.05, 0) is 38.5 Å². The molecular formula is C20H37N3O5. The van der Waals surface area contributed by atoms with Crippen LogP contribution < -0.4 is 16.0 Å². The first-order chi connectivity index (χ1) is 12.7. The molecule has 28 heavy (non-hydrogen) atoms. The van der Waals surface area contributed by atoms with Crippen LogP contribution >= 0.6 is 0 Å². The van der Waals surface area contributed by atoms with Gasteiger partial charge in [-0.25, -0.2) is 4.79 Å². The number of ether oxygens (including phenoxy) is 2. The second kappa shape index (κ2) is 9.58. The lowest BCUT2D eigenvalue weighted by atomic mass is 9.86. The number of amides is 3. The van der Waals surface area contributed by atoms with Crippen LogP contribution in [0.3, 0.4) is 0 Å². The van der Waals surface area contributed by atoms with E-state index in [1.807, 2.05) is 20.8 Å². The van der Waals surface area contributed by atoms with E-state index in [1.165, 1.54) is 0 Å². The zero-order valence-electron chi connectivity index (χ0n) is 18.5. The van der Waals surface area contributed by atoms with E-state index in [0.29, 0.717) is 12.3 Å². The minimum atomic E-state index is -0.764. The van der Waals surface area contributed by atoms with E-state index in [0.717, 1.165) is 6.42 Å². The molecule has 8 nitrogen and oxygen atoms in total. The summed E-state index contributed by atoms with van der Waals surface area (Å²) in [5, 5.41) is 8.34. The van der Waals surface area contributed by atoms with Crippen LogP contribution in [0.1, 0.15) is 68.2 Å². The highest BCUT2D eigenvalue weighted by Crippen LogP contribution is 2.21. The van der Waals surface area contributed by atoms with E-state index in [4.69, 9.17) is 9.47 Å². The third-order valence-electron chi connectivity index (χ3n) is 4.08. The van der Waals surface area contributed by atoms with Gasteiger partial charge in [-0.1, -0.05) is 34.6 Å². The summed E-state index contributed by atoms with van der Waals surface area (Å²) in [5.74, 6) is 0.0193. The zero-order valence-corrected chi connectivity index (χ0v) is 18.5.